The zero-order valence-electron chi connectivity index (χ0n) is 20.6. The summed E-state index contributed by atoms with van der Waals surface area (Å²) in [6.45, 7) is 12.5. The number of nitriles is 1. The number of nitrogens with one attached hydrogen (secondary N) is 2. The van der Waals surface area contributed by atoms with Crippen LogP contribution in [0.25, 0.3) is 10.5 Å². The first kappa shape index (κ1) is 24.8. The number of nitrogens with two attached hydrogens (primary N) is 1. The molecule has 1 amide bonds. The van der Waals surface area contributed by atoms with Crippen LogP contribution in [0.2, 0.25) is 5.02 Å². The summed E-state index contributed by atoms with van der Waals surface area (Å²) < 4.78 is 1.45. The van der Waals surface area contributed by atoms with Crippen molar-refractivity contribution in [2.45, 2.75) is 57.0 Å². The number of likely N-dealkylation sites (tertiary alicyclic amines) is 1. The Morgan fingerprint density at radius 3 is 2.65 bits per heavy atom. The van der Waals surface area contributed by atoms with Gasteiger partial charge in [0.2, 0.25) is 5.91 Å². The van der Waals surface area contributed by atoms with Gasteiger partial charge in [-0.2, -0.15) is 10.2 Å². The molecule has 190 valence electrons. The molecule has 12 heteroatoms. The Morgan fingerprint density at radius 2 is 2.03 bits per heavy atom. The Labute approximate surface area is 219 Å². The normalized spacial score (nSPS) is 16.8. The number of benzene rings is 1. The minimum absolute atomic E-state index is 0.110. The second-order valence-corrected chi connectivity index (χ2v) is 10.4. The van der Waals surface area contributed by atoms with Crippen LogP contribution in [-0.4, -0.2) is 55.1 Å². The lowest BCUT2D eigenvalue weighted by Crippen LogP contribution is -2.55. The first-order chi connectivity index (χ1) is 17.7. The third-order valence-corrected chi connectivity index (χ3v) is 7.60. The van der Waals surface area contributed by atoms with E-state index in [9.17, 15) is 10.1 Å². The van der Waals surface area contributed by atoms with Crippen molar-refractivity contribution in [3.8, 4) is 6.07 Å². The van der Waals surface area contributed by atoms with Gasteiger partial charge < -0.3 is 21.2 Å². The van der Waals surface area contributed by atoms with E-state index < -0.39 is 5.54 Å². The number of aromatic nitrogens is 4. The van der Waals surface area contributed by atoms with Gasteiger partial charge in [0.25, 0.3) is 17.4 Å². The van der Waals surface area contributed by atoms with E-state index in [1.165, 1.54) is 10.7 Å². The molecule has 4 N–H and O–H groups in total. The van der Waals surface area contributed by atoms with E-state index >= 15 is 0 Å². The maximum absolute atomic E-state index is 11.9. The Balaban J connectivity index is 1.45. The summed E-state index contributed by atoms with van der Waals surface area (Å²) in [7, 11) is 0. The highest BCUT2D eigenvalue weighted by Gasteiger charge is 2.36. The number of anilines is 3. The molecule has 11 nitrogen and oxygen atoms in total. The molecule has 3 heterocycles. The van der Waals surface area contributed by atoms with Crippen LogP contribution in [0.1, 0.15) is 56.6 Å². The average Bonchev–Trinajstić information content (AvgIpc) is 3.61. The van der Waals surface area contributed by atoms with Crippen molar-refractivity contribution < 1.29 is 4.79 Å². The van der Waals surface area contributed by atoms with Gasteiger partial charge in [0, 0.05) is 6.04 Å². The maximum atomic E-state index is 11.9. The van der Waals surface area contributed by atoms with Crippen LogP contribution in [0, 0.1) is 17.9 Å². The summed E-state index contributed by atoms with van der Waals surface area (Å²) in [5.74, 6) is 0.794. The molecule has 1 aliphatic carbocycles. The number of halogens is 1. The smallest absolute Gasteiger partial charge is 0.275 e. The molecule has 1 aliphatic heterocycles. The number of primary amides is 1. The number of carbonyl (C=O) groups is 1. The lowest BCUT2D eigenvalue weighted by atomic mass is 9.86. The van der Waals surface area contributed by atoms with Gasteiger partial charge in [-0.05, 0) is 76.2 Å². The topological polar surface area (TPSA) is 142 Å². The van der Waals surface area contributed by atoms with E-state index in [0.29, 0.717) is 46.9 Å². The number of amides is 1. The van der Waals surface area contributed by atoms with Gasteiger partial charge in [0.05, 0.1) is 34.1 Å². The lowest BCUT2D eigenvalue weighted by molar-refractivity contribution is -0.129. The van der Waals surface area contributed by atoms with E-state index in [2.05, 4.69) is 41.5 Å². The number of carbonyl (C=O) groups excluding carboxylic acids is 1. The fraction of sp³-hybridized carbons (Fsp3) is 0.440. The monoisotopic (exact) mass is 518 g/mol. The van der Waals surface area contributed by atoms with Crippen LogP contribution in [0.4, 0.5) is 23.3 Å². The van der Waals surface area contributed by atoms with E-state index in [1.807, 2.05) is 19.9 Å². The highest BCUT2D eigenvalue weighted by molar-refractivity contribution is 6.34. The predicted molar refractivity (Wildman–Crippen MR) is 140 cm³/mol. The van der Waals surface area contributed by atoms with Gasteiger partial charge >= 0.3 is 0 Å². The van der Waals surface area contributed by atoms with Gasteiger partial charge in [-0.1, -0.05) is 23.3 Å². The van der Waals surface area contributed by atoms with Crippen LogP contribution in [0.15, 0.2) is 18.3 Å². The van der Waals surface area contributed by atoms with Crippen molar-refractivity contribution >= 4 is 46.4 Å². The van der Waals surface area contributed by atoms with Gasteiger partial charge in [0.15, 0.2) is 5.82 Å². The summed E-state index contributed by atoms with van der Waals surface area (Å²) in [5, 5.41) is 21.2. The summed E-state index contributed by atoms with van der Waals surface area (Å²) in [4.78, 5) is 26.4. The number of imidazole rings is 1. The lowest BCUT2D eigenvalue weighted by Gasteiger charge is -2.41. The molecule has 0 spiro atoms. The molecule has 2 fully saturated rings. The molecule has 0 bridgehead atoms. The Bertz CT molecular complexity index is 1450. The molecule has 2 aliphatic rings. The van der Waals surface area contributed by atoms with Crippen molar-refractivity contribution in [1.29, 1.82) is 5.26 Å². The predicted octanol–water partition coefficient (Wildman–Crippen LogP) is 3.96. The zero-order valence-corrected chi connectivity index (χ0v) is 21.4. The number of hydrogen-bond acceptors (Lipinski definition) is 8. The fourth-order valence-electron chi connectivity index (χ4n) is 4.64. The number of nitrogens with zero attached hydrogens (tertiary/aromatic N) is 7. The SMILES string of the molecule is [C-]#[N+]c1cnc2c(NC3CC3)nc(Nc3cc(C#N)cc(C4CCN(C(C)(C)C(N)=O)CC4)c3Cl)nn12. The highest BCUT2D eigenvalue weighted by atomic mass is 35.5. The molecule has 5 rings (SSSR count). The van der Waals surface area contributed by atoms with Crippen LogP contribution in [0.5, 0.6) is 0 Å². The van der Waals surface area contributed by atoms with E-state index in [0.717, 1.165) is 31.2 Å². The van der Waals surface area contributed by atoms with Crippen LogP contribution in [-0.2, 0) is 4.79 Å². The second-order valence-electron chi connectivity index (χ2n) is 10.0. The first-order valence-electron chi connectivity index (χ1n) is 12.2. The Morgan fingerprint density at radius 1 is 1.30 bits per heavy atom. The largest absolute Gasteiger partial charge is 0.368 e. The molecule has 0 unspecified atom stereocenters. The minimum Gasteiger partial charge on any atom is -0.368 e. The quantitative estimate of drug-likeness (QED) is 0.399. The number of fused-ring (bicyclic) bond motifs is 1. The third-order valence-electron chi connectivity index (χ3n) is 7.18. The molecule has 1 aromatic carbocycles. The van der Waals surface area contributed by atoms with Gasteiger partial charge in [-0.25, -0.2) is 4.98 Å². The number of rotatable bonds is 7. The Hall–Kier alpha value is -3.93. The molecule has 3 aromatic rings. The van der Waals surface area contributed by atoms with Crippen molar-refractivity contribution in [1.82, 2.24) is 24.5 Å². The van der Waals surface area contributed by atoms with Crippen molar-refractivity contribution in [2.75, 3.05) is 23.7 Å². The molecule has 1 saturated heterocycles. The number of hydrogen-bond donors (Lipinski definition) is 3. The maximum Gasteiger partial charge on any atom is 0.275 e. The van der Waals surface area contributed by atoms with Gasteiger partial charge in [-0.3, -0.25) is 9.69 Å². The van der Waals surface area contributed by atoms with Gasteiger partial charge in [0.1, 0.15) is 0 Å². The fourth-order valence-corrected chi connectivity index (χ4v) is 4.95. The van der Waals surface area contributed by atoms with Gasteiger partial charge in [-0.15, -0.1) is 4.52 Å². The molecule has 0 radical (unpaired) electrons. The zero-order chi connectivity index (χ0) is 26.3. The van der Waals surface area contributed by atoms with E-state index in [4.69, 9.17) is 23.9 Å². The van der Waals surface area contributed by atoms with Crippen LogP contribution >= 0.6 is 11.6 Å². The minimum atomic E-state index is -0.727. The van der Waals surface area contributed by atoms with Crippen molar-refractivity contribution in [3.05, 3.63) is 45.9 Å². The van der Waals surface area contributed by atoms with Crippen molar-refractivity contribution in [3.63, 3.8) is 0 Å². The molecule has 0 atom stereocenters. The van der Waals surface area contributed by atoms with Crippen LogP contribution < -0.4 is 16.4 Å². The molecular weight excluding hydrogens is 492 g/mol. The summed E-state index contributed by atoms with van der Waals surface area (Å²) in [5.41, 5.74) is 7.19. The van der Waals surface area contributed by atoms with Crippen LogP contribution in [0.3, 0.4) is 0 Å². The summed E-state index contributed by atoms with van der Waals surface area (Å²) >= 11 is 6.89. The van der Waals surface area contributed by atoms with E-state index in [-0.39, 0.29) is 23.6 Å². The molecular formula is C25H27ClN10O. The van der Waals surface area contributed by atoms with Crippen molar-refractivity contribution in [2.24, 2.45) is 5.73 Å². The molecule has 37 heavy (non-hydrogen) atoms. The number of piperidine rings is 1. The second kappa shape index (κ2) is 9.51. The van der Waals surface area contributed by atoms with E-state index in [1.54, 1.807) is 6.07 Å². The first-order valence-corrected chi connectivity index (χ1v) is 12.5. The standard InChI is InChI=1S/C25H27ClN10O/c1-25(2,23(28)37)35-8-6-15(7-9-35)17-10-14(12-27)11-18(20(17)26)32-24-33-21(31-16-4-5-16)22-30-13-19(29-3)36(22)34-24/h10-11,13,15-16H,4-9H2,1-2H3,(H2,28,37)(H2,31,32,33,34). The molecule has 2 aromatic heterocycles. The summed E-state index contributed by atoms with van der Waals surface area (Å²) in [6, 6.07) is 6.03. The Kier molecular flexibility index (Phi) is 6.36. The summed E-state index contributed by atoms with van der Waals surface area (Å²) in [6.07, 6.45) is 5.10. The third kappa shape index (κ3) is 4.76. The highest BCUT2D eigenvalue weighted by Crippen LogP contribution is 2.39. The average molecular weight is 519 g/mol. The molecule has 1 saturated carbocycles.